The minimum atomic E-state index is 0.293. The fourth-order valence-corrected chi connectivity index (χ4v) is 7.94. The Morgan fingerprint density at radius 2 is 1.33 bits per heavy atom. The number of nitrogens with zero attached hydrogens (tertiary/aromatic N) is 1. The van der Waals surface area contributed by atoms with Crippen LogP contribution in [0.1, 0.15) is 36.3 Å². The van der Waals surface area contributed by atoms with Gasteiger partial charge in [-0.05, 0) is 86.0 Å². The van der Waals surface area contributed by atoms with Crippen LogP contribution in [0.25, 0.3) is 37.9 Å². The Morgan fingerprint density at radius 1 is 0.628 bits per heavy atom. The molecule has 0 aromatic heterocycles. The van der Waals surface area contributed by atoms with Crippen LogP contribution < -0.4 is 0 Å². The maximum Gasteiger partial charge on any atom is 0.0632 e. The van der Waals surface area contributed by atoms with Gasteiger partial charge in [-0.3, -0.25) is 0 Å². The van der Waals surface area contributed by atoms with Crippen LogP contribution in [0.3, 0.4) is 0 Å². The van der Waals surface area contributed by atoms with Gasteiger partial charge in [0, 0.05) is 23.2 Å². The van der Waals surface area contributed by atoms with Crippen LogP contribution in [0.2, 0.25) is 0 Å². The Hall–Kier alpha value is -4.88. The first-order valence-corrected chi connectivity index (χ1v) is 15.7. The standard InChI is InChI=1S/C42H33N/c1-2-10-28(11-3-1)29-18-22-32(23-19-29)43-41-17-9-8-16-38(41)39-25-21-31(27-42(39)43)30-20-24-37-35-14-5-4-12-33(35)34-13-6-7-15-36(34)40(37)26-30/h1-8,10-16,18,20-27,29,39,42H,9,17,19H2. The highest BCUT2D eigenvalue weighted by molar-refractivity contribution is 6.25. The summed E-state index contributed by atoms with van der Waals surface area (Å²) in [4.78, 5) is 2.66. The molecule has 206 valence electrons. The van der Waals surface area contributed by atoms with Crippen molar-refractivity contribution in [2.75, 3.05) is 0 Å². The monoisotopic (exact) mass is 551 g/mol. The van der Waals surface area contributed by atoms with E-state index in [0.29, 0.717) is 17.9 Å². The Morgan fingerprint density at radius 3 is 2.05 bits per heavy atom. The number of benzene rings is 5. The highest BCUT2D eigenvalue weighted by Crippen LogP contribution is 2.47. The van der Waals surface area contributed by atoms with E-state index in [1.807, 2.05) is 0 Å². The van der Waals surface area contributed by atoms with Crippen molar-refractivity contribution in [1.82, 2.24) is 4.90 Å². The third kappa shape index (κ3) is 3.92. The fraction of sp³-hybridized carbons (Fsp3) is 0.143. The molecule has 0 fully saturated rings. The zero-order valence-electron chi connectivity index (χ0n) is 24.2. The van der Waals surface area contributed by atoms with Crippen LogP contribution in [0.5, 0.6) is 0 Å². The Kier molecular flexibility index (Phi) is 5.66. The zero-order valence-corrected chi connectivity index (χ0v) is 24.2. The topological polar surface area (TPSA) is 3.24 Å². The van der Waals surface area contributed by atoms with Crippen molar-refractivity contribution in [3.63, 3.8) is 0 Å². The van der Waals surface area contributed by atoms with E-state index in [0.717, 1.165) is 19.3 Å². The summed E-state index contributed by atoms with van der Waals surface area (Å²) in [6, 6.07) is 36.0. The van der Waals surface area contributed by atoms with Gasteiger partial charge in [0.15, 0.2) is 0 Å². The molecule has 1 nitrogen and oxygen atoms in total. The second-order valence-corrected chi connectivity index (χ2v) is 12.3. The number of allylic oxidation sites excluding steroid dienone is 8. The largest absolute Gasteiger partial charge is 0.337 e. The van der Waals surface area contributed by atoms with Crippen molar-refractivity contribution in [2.24, 2.45) is 5.92 Å². The lowest BCUT2D eigenvalue weighted by atomic mass is 9.84. The van der Waals surface area contributed by atoms with E-state index in [1.165, 1.54) is 66.0 Å². The zero-order chi connectivity index (χ0) is 28.3. The molecule has 1 heteroatoms. The average Bonchev–Trinajstić information content (AvgIpc) is 3.42. The van der Waals surface area contributed by atoms with Gasteiger partial charge in [-0.2, -0.15) is 0 Å². The van der Waals surface area contributed by atoms with Gasteiger partial charge in [0.1, 0.15) is 0 Å². The van der Waals surface area contributed by atoms with Crippen LogP contribution in [0.4, 0.5) is 0 Å². The third-order valence-corrected chi connectivity index (χ3v) is 9.99. The number of rotatable bonds is 3. The molecular formula is C42H33N. The van der Waals surface area contributed by atoms with Crippen LogP contribution in [-0.2, 0) is 0 Å². The summed E-state index contributed by atoms with van der Waals surface area (Å²) >= 11 is 0. The molecule has 9 rings (SSSR count). The summed E-state index contributed by atoms with van der Waals surface area (Å²) in [5, 5.41) is 7.96. The van der Waals surface area contributed by atoms with E-state index in [9.17, 15) is 0 Å². The maximum absolute atomic E-state index is 2.66. The van der Waals surface area contributed by atoms with Crippen molar-refractivity contribution in [3.05, 3.63) is 174 Å². The second kappa shape index (κ2) is 9.85. The Labute approximate surface area is 253 Å². The van der Waals surface area contributed by atoms with Crippen molar-refractivity contribution >= 4 is 37.9 Å². The lowest BCUT2D eigenvalue weighted by molar-refractivity contribution is 0.363. The number of fused-ring (bicyclic) bond motifs is 8. The first-order valence-electron chi connectivity index (χ1n) is 15.7. The summed E-state index contributed by atoms with van der Waals surface area (Å²) in [5.74, 6) is 0.839. The van der Waals surface area contributed by atoms with E-state index < -0.39 is 0 Å². The van der Waals surface area contributed by atoms with E-state index in [4.69, 9.17) is 0 Å². The van der Waals surface area contributed by atoms with Gasteiger partial charge in [-0.1, -0.05) is 134 Å². The molecule has 3 unspecified atom stereocenters. The molecule has 3 atom stereocenters. The average molecular weight is 552 g/mol. The first-order chi connectivity index (χ1) is 21.3. The predicted octanol–water partition coefficient (Wildman–Crippen LogP) is 10.6. The Bertz CT molecular complexity index is 2080. The molecule has 0 bridgehead atoms. The first kappa shape index (κ1) is 24.7. The SMILES string of the molecule is C1=CC2=C(CC1)N(C1=CCC(c3ccccc3)C=C1)C1C=C(c3ccc4c5ccccc5c5ccccc5c4c3)C=CC21. The highest BCUT2D eigenvalue weighted by atomic mass is 15.2. The van der Waals surface area contributed by atoms with Gasteiger partial charge in [-0.25, -0.2) is 0 Å². The van der Waals surface area contributed by atoms with Crippen molar-refractivity contribution in [3.8, 4) is 0 Å². The molecule has 0 amide bonds. The molecule has 3 aliphatic carbocycles. The molecule has 1 heterocycles. The summed E-state index contributed by atoms with van der Waals surface area (Å²) < 4.78 is 0. The summed E-state index contributed by atoms with van der Waals surface area (Å²) in [5.41, 5.74) is 8.36. The maximum atomic E-state index is 2.66. The molecule has 5 aromatic carbocycles. The molecular weight excluding hydrogens is 518 g/mol. The quantitative estimate of drug-likeness (QED) is 0.202. The van der Waals surface area contributed by atoms with Crippen LogP contribution in [0.15, 0.2) is 163 Å². The smallest absolute Gasteiger partial charge is 0.0632 e. The molecule has 0 N–H and O–H groups in total. The minimum Gasteiger partial charge on any atom is -0.337 e. The van der Waals surface area contributed by atoms with Crippen molar-refractivity contribution in [1.29, 1.82) is 0 Å². The fourth-order valence-electron chi connectivity index (χ4n) is 7.94. The van der Waals surface area contributed by atoms with Crippen molar-refractivity contribution in [2.45, 2.75) is 31.2 Å². The minimum absolute atomic E-state index is 0.293. The predicted molar refractivity (Wildman–Crippen MR) is 182 cm³/mol. The van der Waals surface area contributed by atoms with E-state index >= 15 is 0 Å². The lowest BCUT2D eigenvalue weighted by Gasteiger charge is -2.34. The van der Waals surface area contributed by atoms with Crippen molar-refractivity contribution < 1.29 is 0 Å². The van der Waals surface area contributed by atoms with Crippen LogP contribution >= 0.6 is 0 Å². The highest BCUT2D eigenvalue weighted by Gasteiger charge is 2.40. The van der Waals surface area contributed by atoms with E-state index in [2.05, 4.69) is 151 Å². The summed E-state index contributed by atoms with van der Waals surface area (Å²) in [7, 11) is 0. The van der Waals surface area contributed by atoms with Gasteiger partial charge < -0.3 is 4.90 Å². The Balaban J connectivity index is 1.13. The molecule has 1 aliphatic heterocycles. The lowest BCUT2D eigenvalue weighted by Crippen LogP contribution is -2.33. The van der Waals surface area contributed by atoms with Gasteiger partial charge in [0.2, 0.25) is 0 Å². The van der Waals surface area contributed by atoms with Gasteiger partial charge in [0.25, 0.3) is 0 Å². The van der Waals surface area contributed by atoms with Gasteiger partial charge in [-0.15, -0.1) is 0 Å². The summed E-state index contributed by atoms with van der Waals surface area (Å²) in [6.45, 7) is 0. The number of hydrogen-bond acceptors (Lipinski definition) is 1. The molecule has 5 aromatic rings. The molecule has 0 radical (unpaired) electrons. The molecule has 4 aliphatic rings. The second-order valence-electron chi connectivity index (χ2n) is 12.3. The van der Waals surface area contributed by atoms with Gasteiger partial charge in [0.05, 0.1) is 6.04 Å². The summed E-state index contributed by atoms with van der Waals surface area (Å²) in [6.07, 6.45) is 22.7. The van der Waals surface area contributed by atoms with Crippen LogP contribution in [-0.4, -0.2) is 10.9 Å². The molecule has 0 spiro atoms. The molecule has 0 saturated carbocycles. The third-order valence-electron chi connectivity index (χ3n) is 9.99. The van der Waals surface area contributed by atoms with E-state index in [-0.39, 0.29) is 0 Å². The normalized spacial score (nSPS) is 22.7. The molecule has 43 heavy (non-hydrogen) atoms. The van der Waals surface area contributed by atoms with E-state index in [1.54, 1.807) is 0 Å². The van der Waals surface area contributed by atoms with Gasteiger partial charge >= 0.3 is 0 Å². The molecule has 0 saturated heterocycles. The number of hydrogen-bond donors (Lipinski definition) is 0. The van der Waals surface area contributed by atoms with Crippen LogP contribution in [0, 0.1) is 5.92 Å².